The van der Waals surface area contributed by atoms with Crippen molar-refractivity contribution in [3.05, 3.63) is 77.4 Å². The lowest BCUT2D eigenvalue weighted by atomic mass is 9.70. The zero-order chi connectivity index (χ0) is 28.1. The van der Waals surface area contributed by atoms with Gasteiger partial charge in [-0.1, -0.05) is 36.4 Å². The SMILES string of the molecule is COc1cc(OC)c2c(c1)OC1(c3ccc(OC)c(OC)c3)C(c3ccccc3)C(C(=O)N(C)C)C(O)C21O. The van der Waals surface area contributed by atoms with Crippen molar-refractivity contribution < 1.29 is 38.7 Å². The number of carbonyl (C=O) groups excluding carboxylic acids is 1. The molecule has 0 aromatic heterocycles. The number of rotatable bonds is 7. The Morgan fingerprint density at radius 3 is 2.13 bits per heavy atom. The van der Waals surface area contributed by atoms with E-state index in [4.69, 9.17) is 23.7 Å². The van der Waals surface area contributed by atoms with Gasteiger partial charge in [0.2, 0.25) is 5.91 Å². The van der Waals surface area contributed by atoms with Crippen LogP contribution in [0, 0.1) is 5.92 Å². The summed E-state index contributed by atoms with van der Waals surface area (Å²) >= 11 is 0. The van der Waals surface area contributed by atoms with Crippen LogP contribution in [0.25, 0.3) is 0 Å². The molecule has 9 nitrogen and oxygen atoms in total. The normalized spacial score (nSPS) is 26.7. The molecule has 3 aromatic rings. The van der Waals surface area contributed by atoms with Crippen molar-refractivity contribution in [2.45, 2.75) is 23.2 Å². The Hall–Kier alpha value is -3.95. The number of benzene rings is 3. The van der Waals surface area contributed by atoms with Gasteiger partial charge in [-0.3, -0.25) is 4.79 Å². The summed E-state index contributed by atoms with van der Waals surface area (Å²) in [5, 5.41) is 25.0. The minimum atomic E-state index is -2.11. The topological polar surface area (TPSA) is 107 Å². The van der Waals surface area contributed by atoms with E-state index in [-0.39, 0.29) is 23.0 Å². The second kappa shape index (κ2) is 9.66. The number of ether oxygens (including phenoxy) is 5. The van der Waals surface area contributed by atoms with E-state index in [0.29, 0.717) is 28.4 Å². The highest BCUT2D eigenvalue weighted by molar-refractivity contribution is 5.83. The van der Waals surface area contributed by atoms with Gasteiger partial charge in [0.1, 0.15) is 23.4 Å². The first kappa shape index (κ1) is 26.6. The number of hydrogen-bond acceptors (Lipinski definition) is 8. The smallest absolute Gasteiger partial charge is 0.228 e. The fourth-order valence-electron chi connectivity index (χ4n) is 6.30. The van der Waals surface area contributed by atoms with Crippen LogP contribution >= 0.6 is 0 Å². The number of aliphatic hydroxyl groups is 2. The standard InChI is InChI=1S/C30H33NO8/c1-31(2)28(33)24-25(17-10-8-7-9-11-17)30(18-12-13-20(36-4)21(14-18)37-5)29(34,27(24)32)26-22(38-6)15-19(35-3)16-23(26)39-30/h7-16,24-25,27,32,34H,1-6H3. The summed E-state index contributed by atoms with van der Waals surface area (Å²) in [6.07, 6.45) is -1.57. The molecule has 0 radical (unpaired) electrons. The molecule has 1 saturated carbocycles. The lowest BCUT2D eigenvalue weighted by molar-refractivity contribution is -0.156. The van der Waals surface area contributed by atoms with Crippen LogP contribution in [0.2, 0.25) is 0 Å². The van der Waals surface area contributed by atoms with E-state index in [1.165, 1.54) is 33.3 Å². The maximum atomic E-state index is 13.8. The molecule has 1 aliphatic carbocycles. The third-order valence-corrected chi connectivity index (χ3v) is 7.98. The van der Waals surface area contributed by atoms with Gasteiger partial charge in [-0.15, -0.1) is 0 Å². The summed E-state index contributed by atoms with van der Waals surface area (Å²) in [6.45, 7) is 0. The Morgan fingerprint density at radius 1 is 0.872 bits per heavy atom. The molecule has 1 aliphatic heterocycles. The average Bonchev–Trinajstić information content (AvgIpc) is 3.34. The molecular formula is C30H33NO8. The number of amides is 1. The van der Waals surface area contributed by atoms with Crippen molar-refractivity contribution >= 4 is 5.91 Å². The second-order valence-corrected chi connectivity index (χ2v) is 9.97. The van der Waals surface area contributed by atoms with Gasteiger partial charge in [-0.05, 0) is 17.7 Å². The molecule has 3 aromatic carbocycles. The number of aliphatic hydroxyl groups excluding tert-OH is 1. The van der Waals surface area contributed by atoms with Gasteiger partial charge in [0.15, 0.2) is 22.7 Å². The van der Waals surface area contributed by atoms with E-state index < -0.39 is 29.1 Å². The Labute approximate surface area is 227 Å². The van der Waals surface area contributed by atoms with Gasteiger partial charge >= 0.3 is 0 Å². The highest BCUT2D eigenvalue weighted by Crippen LogP contribution is 2.70. The van der Waals surface area contributed by atoms with Gasteiger partial charge in [-0.25, -0.2) is 0 Å². The van der Waals surface area contributed by atoms with E-state index in [1.807, 2.05) is 30.3 Å². The van der Waals surface area contributed by atoms with Crippen molar-refractivity contribution in [2.75, 3.05) is 42.5 Å². The van der Waals surface area contributed by atoms with E-state index in [1.54, 1.807) is 44.4 Å². The van der Waals surface area contributed by atoms with Crippen LogP contribution in [0.15, 0.2) is 60.7 Å². The molecule has 0 bridgehead atoms. The Bertz CT molecular complexity index is 1390. The first-order chi connectivity index (χ1) is 18.7. The molecule has 9 heteroatoms. The van der Waals surface area contributed by atoms with E-state index in [2.05, 4.69) is 0 Å². The van der Waals surface area contributed by atoms with Crippen molar-refractivity contribution in [3.63, 3.8) is 0 Å². The Morgan fingerprint density at radius 2 is 1.54 bits per heavy atom. The zero-order valence-electron chi connectivity index (χ0n) is 22.8. The number of carbonyl (C=O) groups is 1. The molecular weight excluding hydrogens is 502 g/mol. The van der Waals surface area contributed by atoms with Crippen molar-refractivity contribution in [1.29, 1.82) is 0 Å². The van der Waals surface area contributed by atoms with E-state index in [0.717, 1.165) is 0 Å². The lowest BCUT2D eigenvalue weighted by Gasteiger charge is -2.41. The molecule has 206 valence electrons. The molecule has 1 fully saturated rings. The molecule has 5 atom stereocenters. The van der Waals surface area contributed by atoms with Gasteiger partial charge in [0.25, 0.3) is 0 Å². The molecule has 1 amide bonds. The first-order valence-electron chi connectivity index (χ1n) is 12.5. The van der Waals surface area contributed by atoms with Gasteiger partial charge in [0, 0.05) is 37.7 Å². The predicted octanol–water partition coefficient (Wildman–Crippen LogP) is 3.06. The number of fused-ring (bicyclic) bond motifs is 3. The van der Waals surface area contributed by atoms with Crippen LogP contribution < -0.4 is 23.7 Å². The molecule has 1 heterocycles. The van der Waals surface area contributed by atoms with E-state index in [9.17, 15) is 15.0 Å². The first-order valence-corrected chi connectivity index (χ1v) is 12.5. The largest absolute Gasteiger partial charge is 0.496 e. The fraction of sp³-hybridized carbons (Fsp3) is 0.367. The maximum Gasteiger partial charge on any atom is 0.228 e. The van der Waals surface area contributed by atoms with Crippen LogP contribution in [0.4, 0.5) is 0 Å². The predicted molar refractivity (Wildman–Crippen MR) is 143 cm³/mol. The Kier molecular flexibility index (Phi) is 6.60. The molecule has 5 unspecified atom stereocenters. The second-order valence-electron chi connectivity index (χ2n) is 9.97. The third kappa shape index (κ3) is 3.57. The summed E-state index contributed by atoms with van der Waals surface area (Å²) in [6, 6.07) is 17.8. The Balaban J connectivity index is 1.91. The summed E-state index contributed by atoms with van der Waals surface area (Å²) in [5.41, 5.74) is -2.35. The number of methoxy groups -OCH3 is 4. The molecule has 39 heavy (non-hydrogen) atoms. The minimum absolute atomic E-state index is 0.239. The average molecular weight is 536 g/mol. The van der Waals surface area contributed by atoms with Crippen LogP contribution in [0.5, 0.6) is 28.7 Å². The van der Waals surface area contributed by atoms with Crippen LogP contribution in [-0.4, -0.2) is 69.7 Å². The van der Waals surface area contributed by atoms with Crippen molar-refractivity contribution in [2.24, 2.45) is 5.92 Å². The third-order valence-electron chi connectivity index (χ3n) is 7.98. The molecule has 5 rings (SSSR count). The highest BCUT2D eigenvalue weighted by atomic mass is 16.5. The molecule has 0 spiro atoms. The van der Waals surface area contributed by atoms with Crippen molar-refractivity contribution in [1.82, 2.24) is 4.90 Å². The summed E-state index contributed by atoms with van der Waals surface area (Å²) in [4.78, 5) is 15.2. The highest BCUT2D eigenvalue weighted by Gasteiger charge is 2.78. The number of nitrogens with zero attached hydrogens (tertiary/aromatic N) is 1. The van der Waals surface area contributed by atoms with Crippen molar-refractivity contribution in [3.8, 4) is 28.7 Å². The monoisotopic (exact) mass is 535 g/mol. The molecule has 2 N–H and O–H groups in total. The summed E-state index contributed by atoms with van der Waals surface area (Å²) in [5.74, 6) is -0.376. The van der Waals surface area contributed by atoms with Gasteiger partial charge in [0.05, 0.1) is 39.9 Å². The summed E-state index contributed by atoms with van der Waals surface area (Å²) < 4.78 is 29.1. The number of hydrogen-bond donors (Lipinski definition) is 2. The lowest BCUT2D eigenvalue weighted by Crippen LogP contribution is -2.52. The van der Waals surface area contributed by atoms with Crippen LogP contribution in [0.3, 0.4) is 0 Å². The van der Waals surface area contributed by atoms with E-state index >= 15 is 0 Å². The molecule has 0 saturated heterocycles. The minimum Gasteiger partial charge on any atom is -0.496 e. The van der Waals surface area contributed by atoms with Gasteiger partial charge in [-0.2, -0.15) is 0 Å². The molecule has 2 aliphatic rings. The fourth-order valence-corrected chi connectivity index (χ4v) is 6.30. The summed E-state index contributed by atoms with van der Waals surface area (Å²) in [7, 11) is 9.27. The van der Waals surface area contributed by atoms with Crippen LogP contribution in [0.1, 0.15) is 22.6 Å². The zero-order valence-corrected chi connectivity index (χ0v) is 22.8. The maximum absolute atomic E-state index is 13.8. The van der Waals surface area contributed by atoms with Crippen LogP contribution in [-0.2, 0) is 16.0 Å². The van der Waals surface area contributed by atoms with Gasteiger partial charge < -0.3 is 38.8 Å². The quantitative estimate of drug-likeness (QED) is 0.476.